The zero-order chi connectivity index (χ0) is 13.5. The highest BCUT2D eigenvalue weighted by Crippen LogP contribution is 2.19. The van der Waals surface area contributed by atoms with Crippen molar-refractivity contribution in [2.75, 3.05) is 38.7 Å². The Labute approximate surface area is 113 Å². The van der Waals surface area contributed by atoms with Crippen molar-refractivity contribution in [3.05, 3.63) is 24.3 Å². The molecule has 104 valence electrons. The quantitative estimate of drug-likeness (QED) is 0.759. The largest absolute Gasteiger partial charge is 0.491 e. The first-order valence-electron chi connectivity index (χ1n) is 6.53. The molecule has 0 saturated carbocycles. The Kier molecular flexibility index (Phi) is 5.18. The van der Waals surface area contributed by atoms with E-state index in [4.69, 9.17) is 9.47 Å². The summed E-state index contributed by atoms with van der Waals surface area (Å²) in [5.41, 5.74) is 0.770. The molecule has 0 bridgehead atoms. The van der Waals surface area contributed by atoms with Crippen LogP contribution in [0.4, 0.5) is 5.69 Å². The van der Waals surface area contributed by atoms with Gasteiger partial charge in [-0.15, -0.1) is 0 Å². The molecule has 1 atom stereocenters. The van der Waals surface area contributed by atoms with Crippen LogP contribution in [0, 0.1) is 5.92 Å². The standard InChI is InChI=1S/C14H20N2O3/c1-18-7-8-19-13-4-2-3-12(9-13)16-14(17)11-5-6-15-10-11/h2-4,9,11,15H,5-8,10H2,1H3,(H,16,17)/t11-/m1/s1. The third-order valence-electron chi connectivity index (χ3n) is 3.09. The SMILES string of the molecule is COCCOc1cccc(NC(=O)[C@@H]2CCNC2)c1. The summed E-state index contributed by atoms with van der Waals surface area (Å²) in [4.78, 5) is 12.0. The van der Waals surface area contributed by atoms with Crippen LogP contribution in [0.25, 0.3) is 0 Å². The number of carbonyl (C=O) groups is 1. The van der Waals surface area contributed by atoms with E-state index in [2.05, 4.69) is 10.6 Å². The molecule has 1 aromatic carbocycles. The average Bonchev–Trinajstić information content (AvgIpc) is 2.93. The van der Waals surface area contributed by atoms with E-state index in [9.17, 15) is 4.79 Å². The Morgan fingerprint density at radius 3 is 3.11 bits per heavy atom. The van der Waals surface area contributed by atoms with E-state index in [1.807, 2.05) is 24.3 Å². The molecule has 1 heterocycles. The fourth-order valence-electron chi connectivity index (χ4n) is 2.03. The molecule has 0 spiro atoms. The molecule has 19 heavy (non-hydrogen) atoms. The van der Waals surface area contributed by atoms with Crippen LogP contribution >= 0.6 is 0 Å². The van der Waals surface area contributed by atoms with E-state index in [-0.39, 0.29) is 11.8 Å². The first-order valence-corrected chi connectivity index (χ1v) is 6.53. The van der Waals surface area contributed by atoms with Crippen LogP contribution in [0.5, 0.6) is 5.75 Å². The average molecular weight is 264 g/mol. The second-order valence-corrected chi connectivity index (χ2v) is 4.55. The number of methoxy groups -OCH3 is 1. The Morgan fingerprint density at radius 1 is 1.47 bits per heavy atom. The fourth-order valence-corrected chi connectivity index (χ4v) is 2.03. The second kappa shape index (κ2) is 7.11. The number of hydrogen-bond acceptors (Lipinski definition) is 4. The zero-order valence-electron chi connectivity index (χ0n) is 11.1. The summed E-state index contributed by atoms with van der Waals surface area (Å²) in [6, 6.07) is 7.42. The van der Waals surface area contributed by atoms with Crippen LogP contribution in [0.3, 0.4) is 0 Å². The van der Waals surface area contributed by atoms with E-state index in [0.29, 0.717) is 13.2 Å². The molecule has 1 saturated heterocycles. The van der Waals surface area contributed by atoms with Crippen LogP contribution in [-0.4, -0.2) is 39.3 Å². The van der Waals surface area contributed by atoms with E-state index >= 15 is 0 Å². The lowest BCUT2D eigenvalue weighted by Gasteiger charge is -2.11. The molecule has 1 aliphatic rings. The topological polar surface area (TPSA) is 59.6 Å². The molecule has 1 aromatic rings. The smallest absolute Gasteiger partial charge is 0.228 e. The van der Waals surface area contributed by atoms with E-state index in [1.165, 1.54) is 0 Å². The number of amides is 1. The molecule has 2 rings (SSSR count). The van der Waals surface area contributed by atoms with Gasteiger partial charge < -0.3 is 20.1 Å². The number of ether oxygens (including phenoxy) is 2. The summed E-state index contributed by atoms with van der Waals surface area (Å²) in [6.45, 7) is 2.72. The summed E-state index contributed by atoms with van der Waals surface area (Å²) in [5, 5.41) is 6.11. The van der Waals surface area contributed by atoms with Gasteiger partial charge in [-0.1, -0.05) is 6.07 Å². The van der Waals surface area contributed by atoms with Gasteiger partial charge in [-0.3, -0.25) is 4.79 Å². The van der Waals surface area contributed by atoms with Crippen molar-refractivity contribution in [3.63, 3.8) is 0 Å². The lowest BCUT2D eigenvalue weighted by atomic mass is 10.1. The molecule has 0 unspecified atom stereocenters. The number of benzene rings is 1. The van der Waals surface area contributed by atoms with Gasteiger partial charge in [0, 0.05) is 25.4 Å². The number of hydrogen-bond donors (Lipinski definition) is 2. The van der Waals surface area contributed by atoms with Crippen LogP contribution in [0.1, 0.15) is 6.42 Å². The molecule has 1 aliphatic heterocycles. The summed E-state index contributed by atoms with van der Waals surface area (Å²) >= 11 is 0. The molecular formula is C14H20N2O3. The van der Waals surface area contributed by atoms with Gasteiger partial charge in [-0.25, -0.2) is 0 Å². The monoisotopic (exact) mass is 264 g/mol. The van der Waals surface area contributed by atoms with E-state index < -0.39 is 0 Å². The molecule has 1 fully saturated rings. The van der Waals surface area contributed by atoms with Gasteiger partial charge in [0.05, 0.1) is 12.5 Å². The molecule has 5 nitrogen and oxygen atoms in total. The zero-order valence-corrected chi connectivity index (χ0v) is 11.1. The molecule has 0 radical (unpaired) electrons. The Morgan fingerprint density at radius 2 is 2.37 bits per heavy atom. The molecule has 0 aliphatic carbocycles. The normalized spacial score (nSPS) is 18.3. The maximum Gasteiger partial charge on any atom is 0.228 e. The number of nitrogens with one attached hydrogen (secondary N) is 2. The number of carbonyl (C=O) groups excluding carboxylic acids is 1. The molecule has 2 N–H and O–H groups in total. The summed E-state index contributed by atoms with van der Waals surface area (Å²) in [6.07, 6.45) is 0.899. The Hall–Kier alpha value is -1.59. The van der Waals surface area contributed by atoms with Crippen molar-refractivity contribution in [2.24, 2.45) is 5.92 Å². The Balaban J connectivity index is 1.88. The Bertz CT molecular complexity index is 417. The molecule has 5 heteroatoms. The predicted molar refractivity (Wildman–Crippen MR) is 73.4 cm³/mol. The third kappa shape index (κ3) is 4.22. The van der Waals surface area contributed by atoms with Gasteiger partial charge in [-0.05, 0) is 25.1 Å². The first kappa shape index (κ1) is 13.8. The molecule has 1 amide bonds. The van der Waals surface area contributed by atoms with Crippen molar-refractivity contribution >= 4 is 11.6 Å². The highest BCUT2D eigenvalue weighted by molar-refractivity contribution is 5.93. The summed E-state index contributed by atoms with van der Waals surface area (Å²) < 4.78 is 10.4. The highest BCUT2D eigenvalue weighted by Gasteiger charge is 2.22. The van der Waals surface area contributed by atoms with Crippen LogP contribution in [0.2, 0.25) is 0 Å². The van der Waals surface area contributed by atoms with E-state index in [1.54, 1.807) is 7.11 Å². The minimum Gasteiger partial charge on any atom is -0.491 e. The van der Waals surface area contributed by atoms with Crippen molar-refractivity contribution in [1.82, 2.24) is 5.32 Å². The minimum absolute atomic E-state index is 0.0677. The minimum atomic E-state index is 0.0677. The summed E-state index contributed by atoms with van der Waals surface area (Å²) in [5.74, 6) is 0.872. The van der Waals surface area contributed by atoms with Crippen LogP contribution < -0.4 is 15.4 Å². The fraction of sp³-hybridized carbons (Fsp3) is 0.500. The van der Waals surface area contributed by atoms with Gasteiger partial charge in [0.1, 0.15) is 12.4 Å². The molecule has 0 aromatic heterocycles. The van der Waals surface area contributed by atoms with Gasteiger partial charge >= 0.3 is 0 Å². The predicted octanol–water partition coefficient (Wildman–Crippen LogP) is 1.26. The van der Waals surface area contributed by atoms with Crippen molar-refractivity contribution in [3.8, 4) is 5.75 Å². The van der Waals surface area contributed by atoms with Crippen LogP contribution in [-0.2, 0) is 9.53 Å². The second-order valence-electron chi connectivity index (χ2n) is 4.55. The van der Waals surface area contributed by atoms with E-state index in [0.717, 1.165) is 30.9 Å². The highest BCUT2D eigenvalue weighted by atomic mass is 16.5. The third-order valence-corrected chi connectivity index (χ3v) is 3.09. The summed E-state index contributed by atoms with van der Waals surface area (Å²) in [7, 11) is 1.63. The van der Waals surface area contributed by atoms with Crippen LogP contribution in [0.15, 0.2) is 24.3 Å². The first-order chi connectivity index (χ1) is 9.29. The van der Waals surface area contributed by atoms with Gasteiger partial charge in [0.15, 0.2) is 0 Å². The lowest BCUT2D eigenvalue weighted by Crippen LogP contribution is -2.24. The van der Waals surface area contributed by atoms with Gasteiger partial charge in [0.25, 0.3) is 0 Å². The van der Waals surface area contributed by atoms with Crippen molar-refractivity contribution < 1.29 is 14.3 Å². The number of anilines is 1. The molecular weight excluding hydrogens is 244 g/mol. The van der Waals surface area contributed by atoms with Crippen molar-refractivity contribution in [1.29, 1.82) is 0 Å². The number of rotatable bonds is 6. The lowest BCUT2D eigenvalue weighted by molar-refractivity contribution is -0.119. The maximum atomic E-state index is 12.0. The maximum absolute atomic E-state index is 12.0. The van der Waals surface area contributed by atoms with Gasteiger partial charge in [-0.2, -0.15) is 0 Å². The van der Waals surface area contributed by atoms with Gasteiger partial charge in [0.2, 0.25) is 5.91 Å². The van der Waals surface area contributed by atoms with Crippen molar-refractivity contribution in [2.45, 2.75) is 6.42 Å².